The van der Waals surface area contributed by atoms with E-state index in [1.54, 1.807) is 27.7 Å². The highest BCUT2D eigenvalue weighted by molar-refractivity contribution is 5.83. The lowest BCUT2D eigenvalue weighted by atomic mass is 10.2. The number of aromatic nitrogens is 2. The second kappa shape index (κ2) is 6.88. The summed E-state index contributed by atoms with van der Waals surface area (Å²) in [6.07, 6.45) is -0.200. The standard InChI is InChI=1S/C12H19N3O5/c1-5-18-10(16)9-14-8(15-20-9)6-7-13-11(17)19-12(2,3)4/h5-7H2,1-4H3,(H,13,17). The Morgan fingerprint density at radius 3 is 2.65 bits per heavy atom. The molecule has 1 N–H and O–H groups in total. The molecule has 1 amide bonds. The molecule has 0 saturated heterocycles. The van der Waals surface area contributed by atoms with E-state index in [0.29, 0.717) is 12.2 Å². The zero-order valence-electron chi connectivity index (χ0n) is 12.1. The van der Waals surface area contributed by atoms with E-state index in [9.17, 15) is 9.59 Å². The fraction of sp³-hybridized carbons (Fsp3) is 0.667. The highest BCUT2D eigenvalue weighted by Gasteiger charge is 2.17. The number of carbonyl (C=O) groups excluding carboxylic acids is 2. The summed E-state index contributed by atoms with van der Waals surface area (Å²) in [5.74, 6) is -0.547. The van der Waals surface area contributed by atoms with Crippen molar-refractivity contribution in [1.29, 1.82) is 0 Å². The second-order valence-corrected chi connectivity index (χ2v) is 4.91. The van der Waals surface area contributed by atoms with Gasteiger partial charge in [0.05, 0.1) is 6.61 Å². The summed E-state index contributed by atoms with van der Waals surface area (Å²) in [5.41, 5.74) is -0.548. The Kier molecular flexibility index (Phi) is 5.48. The maximum Gasteiger partial charge on any atom is 0.407 e. The smallest absolute Gasteiger partial charge is 0.407 e. The minimum absolute atomic E-state index is 0.195. The first kappa shape index (κ1) is 15.9. The van der Waals surface area contributed by atoms with E-state index in [4.69, 9.17) is 14.0 Å². The Labute approximate surface area is 116 Å². The summed E-state index contributed by atoms with van der Waals surface area (Å²) in [4.78, 5) is 26.5. The normalized spacial score (nSPS) is 11.0. The van der Waals surface area contributed by atoms with Crippen molar-refractivity contribution in [2.24, 2.45) is 0 Å². The van der Waals surface area contributed by atoms with Crippen molar-refractivity contribution >= 4 is 12.1 Å². The molecule has 0 unspecified atom stereocenters. The first-order valence-corrected chi connectivity index (χ1v) is 6.28. The molecule has 0 atom stereocenters. The third-order valence-corrected chi connectivity index (χ3v) is 1.93. The maximum atomic E-state index is 11.4. The minimum atomic E-state index is -0.661. The fourth-order valence-corrected chi connectivity index (χ4v) is 1.22. The number of hydrogen-bond donors (Lipinski definition) is 1. The number of amides is 1. The zero-order valence-corrected chi connectivity index (χ0v) is 12.1. The van der Waals surface area contributed by atoms with E-state index < -0.39 is 17.7 Å². The summed E-state index contributed by atoms with van der Waals surface area (Å²) in [6.45, 7) is 7.51. The average Bonchev–Trinajstić information content (AvgIpc) is 2.75. The number of esters is 1. The molecule has 0 saturated carbocycles. The van der Waals surface area contributed by atoms with Crippen LogP contribution in [-0.4, -0.2) is 41.0 Å². The van der Waals surface area contributed by atoms with E-state index >= 15 is 0 Å². The lowest BCUT2D eigenvalue weighted by Gasteiger charge is -2.19. The predicted octanol–water partition coefficient (Wildman–Crippen LogP) is 1.31. The molecule has 112 valence electrons. The Bertz CT molecular complexity index is 464. The summed E-state index contributed by atoms with van der Waals surface area (Å²) in [7, 11) is 0. The first-order valence-electron chi connectivity index (χ1n) is 6.28. The zero-order chi connectivity index (χ0) is 15.2. The molecule has 20 heavy (non-hydrogen) atoms. The Hall–Kier alpha value is -2.12. The number of hydrogen-bond acceptors (Lipinski definition) is 7. The third kappa shape index (κ3) is 5.68. The Morgan fingerprint density at radius 1 is 1.35 bits per heavy atom. The molecule has 1 aromatic rings. The molecule has 1 aromatic heterocycles. The van der Waals surface area contributed by atoms with Gasteiger partial charge >= 0.3 is 18.0 Å². The lowest BCUT2D eigenvalue weighted by Crippen LogP contribution is -2.33. The largest absolute Gasteiger partial charge is 0.459 e. The van der Waals surface area contributed by atoms with Crippen molar-refractivity contribution in [3.8, 4) is 0 Å². The molecular formula is C12H19N3O5. The summed E-state index contributed by atoms with van der Waals surface area (Å²) in [6, 6.07) is 0. The van der Waals surface area contributed by atoms with E-state index in [0.717, 1.165) is 0 Å². The van der Waals surface area contributed by atoms with Crippen LogP contribution in [0.3, 0.4) is 0 Å². The van der Waals surface area contributed by atoms with Crippen LogP contribution in [0.5, 0.6) is 0 Å². The van der Waals surface area contributed by atoms with Crippen LogP contribution in [0.4, 0.5) is 4.79 Å². The Balaban J connectivity index is 2.36. The van der Waals surface area contributed by atoms with Gasteiger partial charge in [0.2, 0.25) is 0 Å². The van der Waals surface area contributed by atoms with Crippen LogP contribution in [0.2, 0.25) is 0 Å². The molecule has 8 nitrogen and oxygen atoms in total. The number of nitrogens with zero attached hydrogens (tertiary/aromatic N) is 2. The number of ether oxygens (including phenoxy) is 2. The summed E-state index contributed by atoms with van der Waals surface area (Å²) >= 11 is 0. The van der Waals surface area contributed by atoms with Gasteiger partial charge in [0.1, 0.15) is 5.60 Å². The van der Waals surface area contributed by atoms with Gasteiger partial charge in [-0.25, -0.2) is 9.59 Å². The third-order valence-electron chi connectivity index (χ3n) is 1.93. The molecule has 1 rings (SSSR count). The maximum absolute atomic E-state index is 11.4. The van der Waals surface area contributed by atoms with Gasteiger partial charge in [-0.1, -0.05) is 5.16 Å². The van der Waals surface area contributed by atoms with Crippen molar-refractivity contribution in [3.05, 3.63) is 11.7 Å². The average molecular weight is 285 g/mol. The van der Waals surface area contributed by atoms with Crippen molar-refractivity contribution < 1.29 is 23.6 Å². The van der Waals surface area contributed by atoms with Crippen LogP contribution < -0.4 is 5.32 Å². The van der Waals surface area contributed by atoms with Gasteiger partial charge < -0.3 is 19.3 Å². The quantitative estimate of drug-likeness (QED) is 0.813. The molecule has 0 aromatic carbocycles. The minimum Gasteiger partial charge on any atom is -0.459 e. The fourth-order valence-electron chi connectivity index (χ4n) is 1.22. The molecule has 0 bridgehead atoms. The van der Waals surface area contributed by atoms with Gasteiger partial charge in [-0.05, 0) is 27.7 Å². The Morgan fingerprint density at radius 2 is 2.05 bits per heavy atom. The van der Waals surface area contributed by atoms with Crippen LogP contribution in [-0.2, 0) is 15.9 Å². The van der Waals surface area contributed by atoms with Crippen molar-refractivity contribution in [2.45, 2.75) is 39.7 Å². The van der Waals surface area contributed by atoms with Crippen LogP contribution >= 0.6 is 0 Å². The molecule has 1 heterocycles. The molecular weight excluding hydrogens is 266 g/mol. The molecule has 0 aliphatic rings. The van der Waals surface area contributed by atoms with Crippen LogP contribution in [0.15, 0.2) is 4.52 Å². The molecule has 0 spiro atoms. The SMILES string of the molecule is CCOC(=O)c1nc(CCNC(=O)OC(C)(C)C)no1. The lowest BCUT2D eigenvalue weighted by molar-refractivity contribution is 0.0469. The number of carbonyl (C=O) groups is 2. The molecule has 0 aliphatic heterocycles. The number of alkyl carbamates (subject to hydrolysis) is 1. The molecule has 0 aliphatic carbocycles. The van der Waals surface area contributed by atoms with Gasteiger partial charge in [0.15, 0.2) is 5.82 Å². The van der Waals surface area contributed by atoms with E-state index in [1.165, 1.54) is 0 Å². The predicted molar refractivity (Wildman–Crippen MR) is 68.2 cm³/mol. The van der Waals surface area contributed by atoms with Gasteiger partial charge in [-0.2, -0.15) is 4.98 Å². The van der Waals surface area contributed by atoms with E-state index in [-0.39, 0.29) is 19.0 Å². The van der Waals surface area contributed by atoms with Crippen LogP contribution in [0.25, 0.3) is 0 Å². The number of rotatable bonds is 5. The molecule has 0 radical (unpaired) electrons. The van der Waals surface area contributed by atoms with Gasteiger partial charge in [-0.15, -0.1) is 0 Å². The first-order chi connectivity index (χ1) is 9.31. The van der Waals surface area contributed by atoms with E-state index in [1.807, 2.05) is 0 Å². The van der Waals surface area contributed by atoms with Crippen molar-refractivity contribution in [3.63, 3.8) is 0 Å². The second-order valence-electron chi connectivity index (χ2n) is 4.91. The molecule has 8 heteroatoms. The highest BCUT2D eigenvalue weighted by Crippen LogP contribution is 2.06. The summed E-state index contributed by atoms with van der Waals surface area (Å²) in [5, 5.41) is 6.16. The van der Waals surface area contributed by atoms with Gasteiger partial charge in [0, 0.05) is 13.0 Å². The van der Waals surface area contributed by atoms with Gasteiger partial charge in [-0.3, -0.25) is 0 Å². The van der Waals surface area contributed by atoms with E-state index in [2.05, 4.69) is 15.5 Å². The summed E-state index contributed by atoms with van der Waals surface area (Å²) < 4.78 is 14.5. The molecule has 0 fully saturated rings. The van der Waals surface area contributed by atoms with Crippen LogP contribution in [0.1, 0.15) is 44.2 Å². The number of nitrogens with one attached hydrogen (secondary N) is 1. The monoisotopic (exact) mass is 285 g/mol. The van der Waals surface area contributed by atoms with Crippen LogP contribution in [0, 0.1) is 0 Å². The van der Waals surface area contributed by atoms with Crippen molar-refractivity contribution in [2.75, 3.05) is 13.2 Å². The van der Waals surface area contributed by atoms with Gasteiger partial charge in [0.25, 0.3) is 0 Å². The van der Waals surface area contributed by atoms with Crippen molar-refractivity contribution in [1.82, 2.24) is 15.5 Å². The topological polar surface area (TPSA) is 104 Å². The highest BCUT2D eigenvalue weighted by atomic mass is 16.6.